The Morgan fingerprint density at radius 1 is 1.60 bits per heavy atom. The van der Waals surface area contributed by atoms with E-state index < -0.39 is 12.7 Å². The number of aliphatic imine (C=N–C) groups is 1. The second-order valence-corrected chi connectivity index (χ2v) is 1.60. The molecule has 0 aromatic rings. The van der Waals surface area contributed by atoms with Crippen LogP contribution in [0.5, 0.6) is 0 Å². The van der Waals surface area contributed by atoms with Crippen molar-refractivity contribution in [3.63, 3.8) is 0 Å². The predicted octanol–water partition coefficient (Wildman–Crippen LogP) is 0.907. The number of halogens is 3. The van der Waals surface area contributed by atoms with Crippen molar-refractivity contribution in [3.05, 3.63) is 0 Å². The first kappa shape index (κ1) is 7.33. The Hall–Kier alpha value is -0.780. The zero-order valence-corrected chi connectivity index (χ0v) is 4.76. The SMILES string of the molecule is FC(F)(F)OC1CN=CO1. The van der Waals surface area contributed by atoms with Gasteiger partial charge >= 0.3 is 6.36 Å². The average Bonchev–Trinajstić information content (AvgIpc) is 2.12. The van der Waals surface area contributed by atoms with Crippen LogP contribution in [0.2, 0.25) is 0 Å². The molecule has 0 aliphatic carbocycles. The second-order valence-electron chi connectivity index (χ2n) is 1.60. The molecular formula is C4H4F3NO2. The van der Waals surface area contributed by atoms with Crippen LogP contribution in [0.25, 0.3) is 0 Å². The fourth-order valence-corrected chi connectivity index (χ4v) is 0.497. The number of nitrogens with zero attached hydrogens (tertiary/aromatic N) is 1. The van der Waals surface area contributed by atoms with Crippen LogP contribution in [-0.4, -0.2) is 25.6 Å². The molecule has 1 aliphatic rings. The van der Waals surface area contributed by atoms with Crippen molar-refractivity contribution in [1.29, 1.82) is 0 Å². The molecule has 10 heavy (non-hydrogen) atoms. The van der Waals surface area contributed by atoms with Gasteiger partial charge < -0.3 is 4.74 Å². The van der Waals surface area contributed by atoms with Crippen molar-refractivity contribution in [2.24, 2.45) is 4.99 Å². The monoisotopic (exact) mass is 155 g/mol. The molecule has 1 heterocycles. The third-order valence-corrected chi connectivity index (χ3v) is 0.807. The lowest BCUT2D eigenvalue weighted by Crippen LogP contribution is -2.25. The molecule has 6 heteroatoms. The zero-order chi connectivity index (χ0) is 7.61. The molecule has 1 aliphatic heterocycles. The maximum absolute atomic E-state index is 11.3. The predicted molar refractivity (Wildman–Crippen MR) is 25.4 cm³/mol. The summed E-state index contributed by atoms with van der Waals surface area (Å²) < 4.78 is 41.8. The summed E-state index contributed by atoms with van der Waals surface area (Å²) in [4.78, 5) is 3.38. The normalized spacial score (nSPS) is 24.9. The third-order valence-electron chi connectivity index (χ3n) is 0.807. The molecule has 0 N–H and O–H groups in total. The summed E-state index contributed by atoms with van der Waals surface area (Å²) in [5.41, 5.74) is 0. The van der Waals surface area contributed by atoms with Crippen LogP contribution in [0.4, 0.5) is 13.2 Å². The summed E-state index contributed by atoms with van der Waals surface area (Å²) in [5.74, 6) is 0. The number of rotatable bonds is 1. The Morgan fingerprint density at radius 2 is 2.30 bits per heavy atom. The summed E-state index contributed by atoms with van der Waals surface area (Å²) in [6.45, 7) is -0.0977. The van der Waals surface area contributed by atoms with E-state index in [0.29, 0.717) is 0 Å². The van der Waals surface area contributed by atoms with Gasteiger partial charge in [0.25, 0.3) is 0 Å². The molecule has 0 radical (unpaired) electrons. The van der Waals surface area contributed by atoms with E-state index in [1.807, 2.05) is 0 Å². The molecule has 0 aromatic carbocycles. The van der Waals surface area contributed by atoms with Gasteiger partial charge in [0, 0.05) is 0 Å². The van der Waals surface area contributed by atoms with Crippen molar-refractivity contribution < 1.29 is 22.6 Å². The Balaban J connectivity index is 2.26. The van der Waals surface area contributed by atoms with E-state index in [2.05, 4.69) is 14.5 Å². The standard InChI is InChI=1S/C4H4F3NO2/c5-4(6,7)10-3-1-8-2-9-3/h2-3H,1H2. The topological polar surface area (TPSA) is 30.8 Å². The van der Waals surface area contributed by atoms with E-state index in [4.69, 9.17) is 0 Å². The lowest BCUT2D eigenvalue weighted by Gasteiger charge is -2.11. The van der Waals surface area contributed by atoms with E-state index in [0.717, 1.165) is 6.40 Å². The highest BCUT2D eigenvalue weighted by atomic mass is 19.4. The molecule has 1 rings (SSSR count). The van der Waals surface area contributed by atoms with Crippen molar-refractivity contribution in [3.8, 4) is 0 Å². The van der Waals surface area contributed by atoms with Crippen molar-refractivity contribution in [2.45, 2.75) is 12.7 Å². The molecule has 1 unspecified atom stereocenters. The first-order chi connectivity index (χ1) is 4.58. The second kappa shape index (κ2) is 2.45. The Bertz CT molecular complexity index is 136. The fraction of sp³-hybridized carbons (Fsp3) is 0.750. The fourth-order valence-electron chi connectivity index (χ4n) is 0.497. The minimum Gasteiger partial charge on any atom is -0.452 e. The van der Waals surface area contributed by atoms with E-state index in [1.54, 1.807) is 0 Å². The number of ether oxygens (including phenoxy) is 2. The minimum absolute atomic E-state index is 0.0977. The molecule has 3 nitrogen and oxygen atoms in total. The van der Waals surface area contributed by atoms with Gasteiger partial charge in [0.2, 0.25) is 6.29 Å². The van der Waals surface area contributed by atoms with Crippen molar-refractivity contribution in [1.82, 2.24) is 0 Å². The first-order valence-electron chi connectivity index (χ1n) is 2.46. The average molecular weight is 155 g/mol. The first-order valence-corrected chi connectivity index (χ1v) is 2.46. The maximum atomic E-state index is 11.3. The molecule has 0 aromatic heterocycles. The summed E-state index contributed by atoms with van der Waals surface area (Å²) in [6, 6.07) is 0. The summed E-state index contributed by atoms with van der Waals surface area (Å²) >= 11 is 0. The van der Waals surface area contributed by atoms with Crippen LogP contribution in [0, 0.1) is 0 Å². The lowest BCUT2D eigenvalue weighted by atomic mass is 10.7. The minimum atomic E-state index is -4.64. The van der Waals surface area contributed by atoms with E-state index in [9.17, 15) is 13.2 Å². The molecule has 0 saturated carbocycles. The molecule has 0 bridgehead atoms. The van der Waals surface area contributed by atoms with E-state index in [-0.39, 0.29) is 6.54 Å². The molecule has 58 valence electrons. The quantitative estimate of drug-likeness (QED) is 0.563. The van der Waals surface area contributed by atoms with Gasteiger partial charge in [-0.2, -0.15) is 0 Å². The number of alkyl halides is 3. The highest BCUT2D eigenvalue weighted by molar-refractivity contribution is 5.48. The van der Waals surface area contributed by atoms with Crippen LogP contribution in [0.15, 0.2) is 4.99 Å². The van der Waals surface area contributed by atoms with Gasteiger partial charge in [0.15, 0.2) is 6.40 Å². The van der Waals surface area contributed by atoms with Gasteiger partial charge in [0.1, 0.15) is 6.54 Å². The van der Waals surface area contributed by atoms with Crippen molar-refractivity contribution >= 4 is 6.40 Å². The third kappa shape index (κ3) is 2.22. The van der Waals surface area contributed by atoms with Gasteiger partial charge in [-0.15, -0.1) is 13.2 Å². The molecule has 0 amide bonds. The van der Waals surface area contributed by atoms with Gasteiger partial charge in [-0.3, -0.25) is 4.99 Å². The Labute approximate surface area is 54.4 Å². The molecule has 0 saturated heterocycles. The number of hydrogen-bond acceptors (Lipinski definition) is 3. The number of hydrogen-bond donors (Lipinski definition) is 0. The van der Waals surface area contributed by atoms with Crippen molar-refractivity contribution in [2.75, 3.05) is 6.54 Å². The molecule has 1 atom stereocenters. The smallest absolute Gasteiger partial charge is 0.452 e. The van der Waals surface area contributed by atoms with Gasteiger partial charge in [0.05, 0.1) is 0 Å². The van der Waals surface area contributed by atoms with Gasteiger partial charge in [-0.05, 0) is 0 Å². The highest BCUT2D eigenvalue weighted by Gasteiger charge is 2.35. The Kier molecular flexibility index (Phi) is 1.80. The molecular weight excluding hydrogens is 151 g/mol. The molecule has 0 fully saturated rings. The van der Waals surface area contributed by atoms with Crippen LogP contribution in [-0.2, 0) is 9.47 Å². The van der Waals surface area contributed by atoms with E-state index >= 15 is 0 Å². The highest BCUT2D eigenvalue weighted by Crippen LogP contribution is 2.20. The zero-order valence-electron chi connectivity index (χ0n) is 4.76. The maximum Gasteiger partial charge on any atom is 0.525 e. The van der Waals surface area contributed by atoms with E-state index in [1.165, 1.54) is 0 Å². The Morgan fingerprint density at radius 3 is 2.70 bits per heavy atom. The van der Waals surface area contributed by atoms with Crippen LogP contribution in [0.1, 0.15) is 0 Å². The van der Waals surface area contributed by atoms with Crippen LogP contribution >= 0.6 is 0 Å². The van der Waals surface area contributed by atoms with Gasteiger partial charge in [-0.25, -0.2) is 4.74 Å². The summed E-state index contributed by atoms with van der Waals surface area (Å²) in [7, 11) is 0. The summed E-state index contributed by atoms with van der Waals surface area (Å²) in [6.07, 6.45) is -4.99. The largest absolute Gasteiger partial charge is 0.525 e. The van der Waals surface area contributed by atoms with Gasteiger partial charge in [-0.1, -0.05) is 0 Å². The summed E-state index contributed by atoms with van der Waals surface area (Å²) in [5, 5.41) is 0. The lowest BCUT2D eigenvalue weighted by molar-refractivity contribution is -0.364. The van der Waals surface area contributed by atoms with Crippen LogP contribution < -0.4 is 0 Å². The van der Waals surface area contributed by atoms with Crippen LogP contribution in [0.3, 0.4) is 0 Å². The molecule has 0 spiro atoms.